The molecule has 0 unspecified atom stereocenters. The average Bonchev–Trinajstić information content (AvgIpc) is 1.54. The van der Waals surface area contributed by atoms with Crippen molar-refractivity contribution in [3.63, 3.8) is 0 Å². The smallest absolute Gasteiger partial charge is 0.416 e. The van der Waals surface area contributed by atoms with Gasteiger partial charge in [0.05, 0.1) is 137 Å². The predicted octanol–water partition coefficient (Wildman–Crippen LogP) is 21.9. The number of nitrogens with zero attached hydrogens (tertiary/aromatic N) is 6. The van der Waals surface area contributed by atoms with E-state index in [4.69, 9.17) is 56.4 Å². The summed E-state index contributed by atoms with van der Waals surface area (Å²) < 4.78 is 192. The molecule has 3 saturated carbocycles. The summed E-state index contributed by atoms with van der Waals surface area (Å²) in [6.07, 6.45) is -7.74. The van der Waals surface area contributed by atoms with Gasteiger partial charge >= 0.3 is 36.4 Å². The SMILES string of the molecule is COC(=O)[C@@H]1[C@H]2C[C@@H]3N(CC[C@@]34C(=O)N(Cc3cc(C)cc(C(F)(F)F)c3)c3ccccc34)C[C@@H]2CC[C@@H]1OCc1cc(C)cc(C)c1.COC(=O)[C@@H]1[C@H]2C[C@@H]3N(CC[C@@]34C(=O)N(Cc3ccc(C)cc3Cl)c3ccccc34)C[C@@H]2CC[C@@H]1OCc1ccc(OC)cc1Cl.COC(=O)[C@@H]1[C@H]2C[C@@H]3N(CC[C@@]34C(=O)N(Cc3ccc(F)cc3C(F)(F)F)c3ccccc34)C[C@@H]2CC[C@@H]1OCc1ccc(F)cc1C(F)(F)F. The number of methoxy groups -OCH3 is 4. The van der Waals surface area contributed by atoms with Gasteiger partial charge in [0, 0.05) is 64.9 Å². The number of hydrogen-bond donors (Lipinski definition) is 0. The highest BCUT2D eigenvalue weighted by Crippen LogP contribution is 2.62. The molecule has 0 bridgehead atoms. The van der Waals surface area contributed by atoms with Crippen molar-refractivity contribution in [2.24, 2.45) is 53.3 Å². The van der Waals surface area contributed by atoms with Crippen LogP contribution < -0.4 is 19.4 Å². The topological polar surface area (TPSA) is 186 Å². The molecular formula is C113H117Cl2F11N6O13. The number of carbonyl (C=O) groups excluding carboxylic acids is 6. The third-order valence-corrected chi connectivity index (χ3v) is 34.5. The zero-order valence-electron chi connectivity index (χ0n) is 81.9. The molecule has 0 radical (unpaired) electrons. The molecule has 6 saturated heterocycles. The van der Waals surface area contributed by atoms with Gasteiger partial charge in [-0.15, -0.1) is 0 Å². The first-order chi connectivity index (χ1) is 69.3. The lowest BCUT2D eigenvalue weighted by atomic mass is 9.62. The van der Waals surface area contributed by atoms with E-state index >= 15 is 0 Å². The van der Waals surface area contributed by atoms with E-state index in [1.54, 1.807) is 55.3 Å². The Morgan fingerprint density at radius 2 is 0.752 bits per heavy atom. The number of esters is 3. The van der Waals surface area contributed by atoms with Crippen LogP contribution in [0.25, 0.3) is 0 Å². The summed E-state index contributed by atoms with van der Waals surface area (Å²) in [4.78, 5) is 96.8. The Morgan fingerprint density at radius 1 is 0.379 bits per heavy atom. The van der Waals surface area contributed by atoms with Crippen LogP contribution in [0.4, 0.5) is 65.4 Å². The number of anilines is 3. The molecule has 12 aliphatic rings. The Morgan fingerprint density at radius 3 is 1.17 bits per heavy atom. The highest BCUT2D eigenvalue weighted by Gasteiger charge is 2.68. The van der Waals surface area contributed by atoms with E-state index in [2.05, 4.69) is 58.9 Å². The first-order valence-electron chi connectivity index (χ1n) is 49.9. The number of rotatable bonds is 19. The van der Waals surface area contributed by atoms with Crippen molar-refractivity contribution in [2.75, 3.05) is 82.4 Å². The number of alkyl halides is 9. The number of halogens is 13. The summed E-state index contributed by atoms with van der Waals surface area (Å²) in [5.74, 6) is -4.38. The van der Waals surface area contributed by atoms with Crippen molar-refractivity contribution in [3.8, 4) is 5.75 Å². The van der Waals surface area contributed by atoms with E-state index in [1.807, 2.05) is 78.6 Å². The van der Waals surface area contributed by atoms with Crippen LogP contribution in [0.3, 0.4) is 0 Å². The molecule has 21 rings (SSSR count). The van der Waals surface area contributed by atoms with Crippen molar-refractivity contribution in [3.05, 3.63) is 293 Å². The van der Waals surface area contributed by atoms with Crippen LogP contribution in [0, 0.1) is 92.6 Å². The van der Waals surface area contributed by atoms with Gasteiger partial charge in [0.1, 0.15) is 17.4 Å². The van der Waals surface area contributed by atoms with Crippen LogP contribution in [-0.2, 0) is 131 Å². The fourth-order valence-corrected chi connectivity index (χ4v) is 28.1. The standard InChI is InChI=1S/C39H43F3N2O4.C37H40Cl2N2O5.C37H34F8N2O4/c1-23-13-24(2)16-27(15-23)22-48-33-10-9-28-21-43-12-11-38(34(43)19-30(28)35(33)36(45)47-4)31-7-5-6-8-32(31)44(37(38)46)20-26-14-25(3)17-29(18-26)39(40,41)42;1-22-8-9-24(29(38)16-22)20-41-31-7-5-4-6-28(31)37(36(41)43)14-15-40-19-23-11-13-32(34(35(42)45-3)27(23)18-33(37)40)46-21-25-10-12-26(44-2)17-30(25)39;1-50-33(48)32-25-16-31-35(26-4-2-3-5-29(26)47(34(35)49)18-21-6-9-23(38)14-27(21)36(40,41)42)12-13-46(31)17-20(25)8-11-30(32)51-19-22-7-10-24(39)15-28(22)37(43,44)45/h5-8,13-18,28,30,33-35H,9-12,19-22H2,1-4H3;4-10,12,16-17,23,27,32-34H,11,13-15,18-21H2,1-3H3;2-7,9-10,14-15,20,25,30-32H,8,11-13,16-19H2,1H3/t28-,30-,33-,34-,35+,38-;23-,27-,32-,33-,34+,37-;20-,25-,30-,31-,32+,35-/m000/s1. The van der Waals surface area contributed by atoms with E-state index in [0.29, 0.717) is 128 Å². The van der Waals surface area contributed by atoms with Crippen LogP contribution in [-0.4, -0.2) is 154 Å². The van der Waals surface area contributed by atoms with Gasteiger partial charge in [0.15, 0.2) is 0 Å². The number of ether oxygens (including phenoxy) is 7. The third-order valence-electron chi connectivity index (χ3n) is 33.8. The summed E-state index contributed by atoms with van der Waals surface area (Å²) >= 11 is 13.2. The van der Waals surface area contributed by atoms with Crippen molar-refractivity contribution in [1.82, 2.24) is 14.7 Å². The number of fused-ring (bicyclic) bond motifs is 15. The van der Waals surface area contributed by atoms with Crippen LogP contribution in [0.1, 0.15) is 166 Å². The summed E-state index contributed by atoms with van der Waals surface area (Å²) in [7, 11) is 5.72. The minimum atomic E-state index is -4.85. The van der Waals surface area contributed by atoms with Gasteiger partial charge in [0.2, 0.25) is 17.7 Å². The van der Waals surface area contributed by atoms with Crippen LogP contribution in [0.15, 0.2) is 182 Å². The highest BCUT2D eigenvalue weighted by molar-refractivity contribution is 6.32. The fraction of sp³-hybridized carbons (Fsp3) is 0.469. The first-order valence-corrected chi connectivity index (χ1v) is 50.6. The molecule has 768 valence electrons. The summed E-state index contributed by atoms with van der Waals surface area (Å²) in [5.41, 5.74) is 5.82. The lowest BCUT2D eigenvalue weighted by Gasteiger charge is -2.50. The Hall–Kier alpha value is -10.8. The number of amides is 3. The molecule has 3 spiro atoms. The normalized spacial score (nSPS) is 28.2. The molecule has 9 aromatic rings. The molecule has 9 aromatic carbocycles. The average molecular weight is 2050 g/mol. The second-order valence-corrected chi connectivity index (χ2v) is 42.5. The molecule has 9 aliphatic heterocycles. The van der Waals surface area contributed by atoms with E-state index < -0.39 is 112 Å². The monoisotopic (exact) mass is 2040 g/mol. The lowest BCUT2D eigenvalue weighted by molar-refractivity contribution is -0.166. The highest BCUT2D eigenvalue weighted by atomic mass is 35.5. The summed E-state index contributed by atoms with van der Waals surface area (Å²) in [5, 5.41) is 1.24. The molecule has 3 aliphatic carbocycles. The van der Waals surface area contributed by atoms with Crippen LogP contribution in [0.2, 0.25) is 10.0 Å². The first kappa shape index (κ1) is 103. The van der Waals surface area contributed by atoms with Gasteiger partial charge in [-0.25, -0.2) is 8.78 Å². The van der Waals surface area contributed by atoms with Crippen molar-refractivity contribution >= 4 is 75.9 Å². The van der Waals surface area contributed by atoms with E-state index in [9.17, 15) is 77.1 Å². The van der Waals surface area contributed by atoms with Gasteiger partial charge in [-0.3, -0.25) is 43.5 Å². The third kappa shape index (κ3) is 19.1. The number of hydrogen-bond acceptors (Lipinski definition) is 16. The fourth-order valence-electron chi connectivity index (χ4n) is 27.6. The molecule has 9 fully saturated rings. The van der Waals surface area contributed by atoms with Crippen molar-refractivity contribution in [2.45, 2.75) is 215 Å². The van der Waals surface area contributed by atoms with Crippen LogP contribution >= 0.6 is 23.2 Å². The van der Waals surface area contributed by atoms with E-state index in [1.165, 1.54) is 37.4 Å². The number of piperidine rings is 3. The molecule has 32 heteroatoms. The Bertz CT molecular complexity index is 6450. The van der Waals surface area contributed by atoms with Crippen molar-refractivity contribution < 1.29 is 110 Å². The maximum Gasteiger partial charge on any atom is 0.416 e. The second kappa shape index (κ2) is 40.7. The molecular weight excluding hydrogens is 1930 g/mol. The van der Waals surface area contributed by atoms with Crippen LogP contribution in [0.5, 0.6) is 5.75 Å². The van der Waals surface area contributed by atoms with Gasteiger partial charge in [-0.05, 0) is 288 Å². The predicted molar refractivity (Wildman–Crippen MR) is 522 cm³/mol. The quantitative estimate of drug-likeness (QED) is 0.0422. The zero-order chi connectivity index (χ0) is 103. The number of carbonyl (C=O) groups is 6. The van der Waals surface area contributed by atoms with Crippen molar-refractivity contribution in [1.29, 1.82) is 0 Å². The van der Waals surface area contributed by atoms with E-state index in [-0.39, 0.29) is 101 Å². The zero-order valence-corrected chi connectivity index (χ0v) is 83.4. The molecule has 18 atom stereocenters. The van der Waals surface area contributed by atoms with Gasteiger partial charge < -0.3 is 47.9 Å². The second-order valence-electron chi connectivity index (χ2n) is 41.7. The molecule has 19 nitrogen and oxygen atoms in total. The molecule has 3 amide bonds. The summed E-state index contributed by atoms with van der Waals surface area (Å²) in [6.45, 7) is 12.3. The molecule has 0 N–H and O–H groups in total. The maximum absolute atomic E-state index is 14.8. The largest absolute Gasteiger partial charge is 0.497 e. The maximum atomic E-state index is 14.8. The summed E-state index contributed by atoms with van der Waals surface area (Å²) in [6, 6.07) is 48.9. The molecule has 0 aromatic heterocycles. The molecule has 9 heterocycles. The lowest BCUT2D eigenvalue weighted by Crippen LogP contribution is -2.58. The Balaban J connectivity index is 0.000000138. The minimum absolute atomic E-state index is 0.0201. The van der Waals surface area contributed by atoms with Gasteiger partial charge in [-0.2, -0.15) is 39.5 Å². The minimum Gasteiger partial charge on any atom is -0.497 e. The number of aryl methyl sites for hydroxylation is 4. The number of benzene rings is 9. The van der Waals surface area contributed by atoms with E-state index in [0.717, 1.165) is 146 Å². The van der Waals surface area contributed by atoms with Gasteiger partial charge in [0.25, 0.3) is 0 Å². The Kier molecular flexibility index (Phi) is 28.8. The van der Waals surface area contributed by atoms with Gasteiger partial charge in [-0.1, -0.05) is 149 Å². The molecule has 145 heavy (non-hydrogen) atoms. The number of para-hydroxylation sites is 3. The Labute approximate surface area is 845 Å².